The van der Waals surface area contributed by atoms with E-state index in [1.165, 1.54) is 10.8 Å². The molecule has 0 aromatic heterocycles. The van der Waals surface area contributed by atoms with Gasteiger partial charge in [0.1, 0.15) is 0 Å². The van der Waals surface area contributed by atoms with E-state index in [9.17, 15) is 0 Å². The summed E-state index contributed by atoms with van der Waals surface area (Å²) in [6, 6.07) is 14.3. The Kier molecular flexibility index (Phi) is 3.51. The van der Waals surface area contributed by atoms with E-state index >= 15 is 0 Å². The summed E-state index contributed by atoms with van der Waals surface area (Å²) in [4.78, 5) is 0. The van der Waals surface area contributed by atoms with Crippen molar-refractivity contribution in [2.24, 2.45) is 0 Å². The molecule has 0 aliphatic carbocycles. The van der Waals surface area contributed by atoms with Crippen LogP contribution in [0.25, 0.3) is 10.8 Å². The number of rotatable bonds is 2. The molecule has 78 valence electrons. The summed E-state index contributed by atoms with van der Waals surface area (Å²) in [5.74, 6) is 0. The van der Waals surface area contributed by atoms with E-state index < -0.39 is 10.5 Å². The Hall–Kier alpha value is 0.113. The molecule has 0 amide bonds. The van der Waals surface area contributed by atoms with Gasteiger partial charge in [0.15, 0.2) is 0 Å². The zero-order valence-electron chi connectivity index (χ0n) is 7.88. The number of hydrogen-bond donors (Lipinski definition) is 0. The fraction of sp³-hybridized carbons (Fsp3) is 0.0909. The van der Waals surface area contributed by atoms with Gasteiger partial charge in [-0.3, -0.25) is 0 Å². The molecule has 0 fully saturated rings. The van der Waals surface area contributed by atoms with Gasteiger partial charge in [0.2, 0.25) is 0 Å². The predicted molar refractivity (Wildman–Crippen MR) is 71.0 cm³/mol. The van der Waals surface area contributed by atoms with Crippen molar-refractivity contribution in [3.05, 3.63) is 48.0 Å². The molecule has 4 heteroatoms. The summed E-state index contributed by atoms with van der Waals surface area (Å²) in [7, 11) is 14.9. The van der Waals surface area contributed by atoms with Gasteiger partial charge in [-0.1, -0.05) is 0 Å². The third-order valence-electron chi connectivity index (χ3n) is 2.27. The van der Waals surface area contributed by atoms with Gasteiger partial charge in [0.05, 0.1) is 0 Å². The maximum atomic E-state index is 5.99. The fourth-order valence-corrected chi connectivity index (χ4v) is 5.46. The van der Waals surface area contributed by atoms with Crippen molar-refractivity contribution in [1.82, 2.24) is 0 Å². The normalized spacial score (nSPS) is 11.9. The van der Waals surface area contributed by atoms with Crippen molar-refractivity contribution >= 4 is 51.3 Å². The van der Waals surface area contributed by atoms with Crippen LogP contribution >= 0.6 is 30.0 Å². The minimum absolute atomic E-state index is 0.617. The molecule has 0 heterocycles. The predicted octanol–water partition coefficient (Wildman–Crippen LogP) is 4.58. The summed E-state index contributed by atoms with van der Waals surface area (Å²) < 4.78 is 0. The molecule has 0 spiro atoms. The monoisotopic (exact) mass is 320 g/mol. The van der Waals surface area contributed by atoms with E-state index in [1.807, 2.05) is 24.3 Å². The zero-order valence-corrected chi connectivity index (χ0v) is 12.2. The second-order valence-electron chi connectivity index (χ2n) is 3.43. The van der Waals surface area contributed by atoms with Crippen LogP contribution in [0.3, 0.4) is 0 Å². The SMILES string of the molecule is [Cl][Ge]([Cl])([Cl])[CH2]c1cccc2ccccc12. The quantitative estimate of drug-likeness (QED) is 0.711. The van der Waals surface area contributed by atoms with E-state index in [0.29, 0.717) is 5.25 Å². The van der Waals surface area contributed by atoms with Crippen molar-refractivity contribution in [1.29, 1.82) is 0 Å². The zero-order chi connectivity index (χ0) is 10.9. The van der Waals surface area contributed by atoms with Gasteiger partial charge in [-0.2, -0.15) is 0 Å². The van der Waals surface area contributed by atoms with Crippen molar-refractivity contribution in [3.63, 3.8) is 0 Å². The number of halogens is 3. The summed E-state index contributed by atoms with van der Waals surface area (Å²) in [5, 5.41) is 3.01. The first-order chi connectivity index (χ1) is 7.06. The first kappa shape index (κ1) is 11.6. The Morgan fingerprint density at radius 1 is 0.867 bits per heavy atom. The van der Waals surface area contributed by atoms with Gasteiger partial charge in [0.25, 0.3) is 0 Å². The van der Waals surface area contributed by atoms with E-state index in [-0.39, 0.29) is 0 Å². The standard InChI is InChI=1S/C11H9Cl3Ge/c12-15(13,14)8-10-6-3-5-9-4-1-2-7-11(9)10/h1-7H,8H2. The fourth-order valence-electron chi connectivity index (χ4n) is 1.66. The molecule has 2 aromatic rings. The van der Waals surface area contributed by atoms with Crippen molar-refractivity contribution in [2.45, 2.75) is 5.25 Å². The molecule has 0 aliphatic rings. The van der Waals surface area contributed by atoms with Crippen molar-refractivity contribution < 1.29 is 0 Å². The Morgan fingerprint density at radius 2 is 1.53 bits per heavy atom. The van der Waals surface area contributed by atoms with Crippen LogP contribution in [0.5, 0.6) is 0 Å². The number of hydrogen-bond acceptors (Lipinski definition) is 0. The van der Waals surface area contributed by atoms with E-state index in [1.54, 1.807) is 0 Å². The summed E-state index contributed by atoms with van der Waals surface area (Å²) in [6.07, 6.45) is 0. The second-order valence-corrected chi connectivity index (χ2v) is 19.8. The molecule has 0 atom stereocenters. The topological polar surface area (TPSA) is 0 Å². The van der Waals surface area contributed by atoms with Crippen molar-refractivity contribution in [3.8, 4) is 0 Å². The van der Waals surface area contributed by atoms with Gasteiger partial charge in [-0.05, 0) is 0 Å². The number of fused-ring (bicyclic) bond motifs is 1. The summed E-state index contributed by atoms with van der Waals surface area (Å²) in [6.45, 7) is 0. The molecule has 0 N–H and O–H groups in total. The van der Waals surface area contributed by atoms with Gasteiger partial charge in [-0.15, -0.1) is 0 Å². The summed E-state index contributed by atoms with van der Waals surface area (Å²) in [5.41, 5.74) is 1.15. The third kappa shape index (κ3) is 3.04. The molecule has 0 saturated heterocycles. The van der Waals surface area contributed by atoms with Gasteiger partial charge < -0.3 is 0 Å². The molecular weight excluding hydrogens is 311 g/mol. The molecule has 0 radical (unpaired) electrons. The molecule has 15 heavy (non-hydrogen) atoms. The Bertz CT molecular complexity index is 471. The van der Waals surface area contributed by atoms with Gasteiger partial charge in [-0.25, -0.2) is 0 Å². The van der Waals surface area contributed by atoms with Crippen LogP contribution in [-0.2, 0) is 5.25 Å². The molecule has 0 bridgehead atoms. The number of benzene rings is 2. The molecule has 0 aliphatic heterocycles. The van der Waals surface area contributed by atoms with E-state index in [0.717, 1.165) is 5.56 Å². The molecule has 0 nitrogen and oxygen atoms in total. The van der Waals surface area contributed by atoms with Crippen LogP contribution in [0.1, 0.15) is 5.56 Å². The second kappa shape index (κ2) is 4.54. The average molecular weight is 320 g/mol. The Balaban J connectivity index is 2.52. The molecular formula is C11H9Cl3Ge. The molecule has 2 aromatic carbocycles. The van der Waals surface area contributed by atoms with Gasteiger partial charge in [0, 0.05) is 0 Å². The van der Waals surface area contributed by atoms with Gasteiger partial charge >= 0.3 is 105 Å². The van der Waals surface area contributed by atoms with Crippen LogP contribution in [0.2, 0.25) is 0 Å². The van der Waals surface area contributed by atoms with Crippen LogP contribution in [0, 0.1) is 0 Å². The van der Waals surface area contributed by atoms with E-state index in [2.05, 4.69) is 18.2 Å². The first-order valence-electron chi connectivity index (χ1n) is 4.60. The Morgan fingerprint density at radius 3 is 2.27 bits per heavy atom. The van der Waals surface area contributed by atoms with Crippen LogP contribution < -0.4 is 0 Å². The van der Waals surface area contributed by atoms with Crippen LogP contribution in [0.4, 0.5) is 0 Å². The summed E-state index contributed by atoms with van der Waals surface area (Å²) >= 11 is 0. The van der Waals surface area contributed by atoms with Crippen LogP contribution in [0.15, 0.2) is 42.5 Å². The average Bonchev–Trinajstić information content (AvgIpc) is 2.16. The van der Waals surface area contributed by atoms with Crippen molar-refractivity contribution in [2.75, 3.05) is 0 Å². The third-order valence-corrected chi connectivity index (χ3v) is 5.99. The molecule has 0 saturated carbocycles. The molecule has 0 unspecified atom stereocenters. The first-order valence-corrected chi connectivity index (χ1v) is 14.3. The minimum atomic E-state index is -3.08. The maximum absolute atomic E-state index is 5.99. The van der Waals surface area contributed by atoms with E-state index in [4.69, 9.17) is 30.0 Å². The van der Waals surface area contributed by atoms with Crippen LogP contribution in [-0.4, -0.2) is 10.5 Å². The Labute approximate surface area is 104 Å². The molecule has 2 rings (SSSR count).